The Kier molecular flexibility index (Phi) is 3.70. The van der Waals surface area contributed by atoms with Gasteiger partial charge in [-0.25, -0.2) is 0 Å². The van der Waals surface area contributed by atoms with Crippen molar-refractivity contribution < 1.29 is 4.79 Å². The summed E-state index contributed by atoms with van der Waals surface area (Å²) in [5.41, 5.74) is 8.28. The number of nitrogens with two attached hydrogens (primary N) is 1. The van der Waals surface area contributed by atoms with E-state index in [4.69, 9.17) is 5.73 Å². The highest BCUT2D eigenvalue weighted by molar-refractivity contribution is 5.95. The number of carbonyl (C=O) groups excluding carboxylic acids is 1. The summed E-state index contributed by atoms with van der Waals surface area (Å²) < 4.78 is 1.74. The first-order chi connectivity index (χ1) is 7.34. The van der Waals surface area contributed by atoms with Crippen LogP contribution >= 0.6 is 0 Å². The van der Waals surface area contributed by atoms with Crippen molar-refractivity contribution in [2.45, 2.75) is 33.7 Å². The summed E-state index contributed by atoms with van der Waals surface area (Å²) in [6.07, 6.45) is 0. The minimum absolute atomic E-state index is 0.122. The zero-order chi connectivity index (χ0) is 12.5. The zero-order valence-electron chi connectivity index (χ0n) is 10.5. The molecular weight excluding hydrogens is 204 g/mol. The van der Waals surface area contributed by atoms with E-state index < -0.39 is 6.04 Å². The molecule has 0 fully saturated rings. The maximum absolute atomic E-state index is 11.8. The maximum atomic E-state index is 11.8. The number of carbonyl (C=O) groups is 1. The van der Waals surface area contributed by atoms with Crippen LogP contribution in [-0.2, 0) is 11.8 Å². The molecule has 0 unspecified atom stereocenters. The number of hydrogen-bond acceptors (Lipinski definition) is 3. The van der Waals surface area contributed by atoms with Crippen molar-refractivity contribution in [3.63, 3.8) is 0 Å². The number of aryl methyl sites for hydroxylation is 2. The van der Waals surface area contributed by atoms with E-state index in [1.807, 2.05) is 34.7 Å². The molecule has 0 saturated carbocycles. The van der Waals surface area contributed by atoms with E-state index in [0.29, 0.717) is 0 Å². The largest absolute Gasteiger partial charge is 0.322 e. The van der Waals surface area contributed by atoms with Crippen LogP contribution in [0.5, 0.6) is 0 Å². The molecule has 0 bridgehead atoms. The molecule has 1 aromatic rings. The summed E-state index contributed by atoms with van der Waals surface area (Å²) in [5.74, 6) is -0.0357. The van der Waals surface area contributed by atoms with E-state index in [-0.39, 0.29) is 11.8 Å². The van der Waals surface area contributed by atoms with Crippen LogP contribution in [0.15, 0.2) is 0 Å². The first kappa shape index (κ1) is 12.7. The lowest BCUT2D eigenvalue weighted by Gasteiger charge is -2.15. The van der Waals surface area contributed by atoms with Crippen LogP contribution in [0.1, 0.15) is 25.2 Å². The van der Waals surface area contributed by atoms with Crippen molar-refractivity contribution in [2.24, 2.45) is 18.7 Å². The molecule has 5 heteroatoms. The third kappa shape index (κ3) is 2.41. The van der Waals surface area contributed by atoms with Crippen molar-refractivity contribution in [1.29, 1.82) is 0 Å². The number of anilines is 1. The van der Waals surface area contributed by atoms with Gasteiger partial charge in [-0.1, -0.05) is 13.8 Å². The Bertz CT molecular complexity index is 395. The van der Waals surface area contributed by atoms with Gasteiger partial charge in [0.15, 0.2) is 0 Å². The SMILES string of the molecule is Cc1nn(C)c(C)c1NC(=O)[C@@H](N)C(C)C. The van der Waals surface area contributed by atoms with Crippen molar-refractivity contribution in [1.82, 2.24) is 9.78 Å². The Balaban J connectivity index is 2.85. The molecule has 0 saturated heterocycles. The highest BCUT2D eigenvalue weighted by Crippen LogP contribution is 2.18. The number of amides is 1. The van der Waals surface area contributed by atoms with E-state index in [1.54, 1.807) is 4.68 Å². The monoisotopic (exact) mass is 224 g/mol. The first-order valence-corrected chi connectivity index (χ1v) is 5.41. The second-order valence-corrected chi connectivity index (χ2v) is 4.43. The summed E-state index contributed by atoms with van der Waals surface area (Å²) in [7, 11) is 1.85. The zero-order valence-corrected chi connectivity index (χ0v) is 10.5. The number of rotatable bonds is 3. The van der Waals surface area contributed by atoms with Crippen LogP contribution in [0, 0.1) is 19.8 Å². The van der Waals surface area contributed by atoms with E-state index in [9.17, 15) is 4.79 Å². The maximum Gasteiger partial charge on any atom is 0.241 e. The molecule has 0 aliphatic heterocycles. The van der Waals surface area contributed by atoms with Crippen LogP contribution in [0.4, 0.5) is 5.69 Å². The van der Waals surface area contributed by atoms with Crippen LogP contribution in [0.25, 0.3) is 0 Å². The molecule has 0 spiro atoms. The Morgan fingerprint density at radius 1 is 1.44 bits per heavy atom. The van der Waals surface area contributed by atoms with Crippen LogP contribution in [0.3, 0.4) is 0 Å². The average Bonchev–Trinajstić information content (AvgIpc) is 2.43. The Morgan fingerprint density at radius 3 is 2.38 bits per heavy atom. The van der Waals surface area contributed by atoms with E-state index in [0.717, 1.165) is 17.1 Å². The van der Waals surface area contributed by atoms with Crippen LogP contribution in [-0.4, -0.2) is 21.7 Å². The van der Waals surface area contributed by atoms with E-state index in [2.05, 4.69) is 10.4 Å². The minimum atomic E-state index is -0.487. The number of nitrogens with zero attached hydrogens (tertiary/aromatic N) is 2. The van der Waals surface area contributed by atoms with Gasteiger partial charge >= 0.3 is 0 Å². The molecule has 0 aliphatic rings. The molecule has 3 N–H and O–H groups in total. The van der Waals surface area contributed by atoms with Gasteiger partial charge in [-0.3, -0.25) is 9.48 Å². The summed E-state index contributed by atoms with van der Waals surface area (Å²) in [6.45, 7) is 7.63. The highest BCUT2D eigenvalue weighted by Gasteiger charge is 2.20. The predicted molar refractivity (Wildman–Crippen MR) is 64.1 cm³/mol. The lowest BCUT2D eigenvalue weighted by atomic mass is 10.0. The molecule has 0 radical (unpaired) electrons. The van der Waals surface area contributed by atoms with Gasteiger partial charge in [-0.15, -0.1) is 0 Å². The predicted octanol–water partition coefficient (Wildman–Crippen LogP) is 0.959. The van der Waals surface area contributed by atoms with Gasteiger partial charge in [-0.05, 0) is 19.8 Å². The van der Waals surface area contributed by atoms with E-state index >= 15 is 0 Å². The third-order valence-corrected chi connectivity index (χ3v) is 2.78. The number of nitrogens with one attached hydrogen (secondary N) is 1. The van der Waals surface area contributed by atoms with Gasteiger partial charge in [0, 0.05) is 7.05 Å². The van der Waals surface area contributed by atoms with Crippen molar-refractivity contribution in [2.75, 3.05) is 5.32 Å². The topological polar surface area (TPSA) is 72.9 Å². The minimum Gasteiger partial charge on any atom is -0.322 e. The molecule has 1 heterocycles. The van der Waals surface area contributed by atoms with Gasteiger partial charge in [0.2, 0.25) is 5.91 Å². The van der Waals surface area contributed by atoms with E-state index in [1.165, 1.54) is 0 Å². The molecule has 0 aliphatic carbocycles. The summed E-state index contributed by atoms with van der Waals surface area (Å²) >= 11 is 0. The molecule has 1 rings (SSSR count). The smallest absolute Gasteiger partial charge is 0.241 e. The first-order valence-electron chi connectivity index (χ1n) is 5.41. The fraction of sp³-hybridized carbons (Fsp3) is 0.636. The van der Waals surface area contributed by atoms with Gasteiger partial charge in [-0.2, -0.15) is 5.10 Å². The van der Waals surface area contributed by atoms with Gasteiger partial charge in [0.1, 0.15) is 0 Å². The molecule has 1 amide bonds. The second-order valence-electron chi connectivity index (χ2n) is 4.43. The van der Waals surface area contributed by atoms with Crippen molar-refractivity contribution in [3.05, 3.63) is 11.4 Å². The molecule has 90 valence electrons. The van der Waals surface area contributed by atoms with Gasteiger partial charge in [0.05, 0.1) is 23.1 Å². The molecule has 5 nitrogen and oxygen atoms in total. The summed E-state index contributed by atoms with van der Waals surface area (Å²) in [4.78, 5) is 11.8. The molecule has 0 aromatic carbocycles. The molecular formula is C11H20N4O. The number of aromatic nitrogens is 2. The van der Waals surface area contributed by atoms with Crippen LogP contribution in [0.2, 0.25) is 0 Å². The third-order valence-electron chi connectivity index (χ3n) is 2.78. The summed E-state index contributed by atoms with van der Waals surface area (Å²) in [6, 6.07) is -0.487. The lowest BCUT2D eigenvalue weighted by Crippen LogP contribution is -2.39. The molecule has 1 atom stereocenters. The lowest BCUT2D eigenvalue weighted by molar-refractivity contribution is -0.118. The van der Waals surface area contributed by atoms with Crippen molar-refractivity contribution in [3.8, 4) is 0 Å². The number of hydrogen-bond donors (Lipinski definition) is 2. The van der Waals surface area contributed by atoms with Crippen molar-refractivity contribution >= 4 is 11.6 Å². The van der Waals surface area contributed by atoms with Gasteiger partial charge in [0.25, 0.3) is 0 Å². The molecule has 1 aromatic heterocycles. The Labute approximate surface area is 96.0 Å². The normalized spacial score (nSPS) is 12.9. The second kappa shape index (κ2) is 4.65. The standard InChI is InChI=1S/C11H20N4O/c1-6(2)9(12)11(16)13-10-7(3)14-15(5)8(10)4/h6,9H,12H2,1-5H3,(H,13,16)/t9-/m0/s1. The van der Waals surface area contributed by atoms with Gasteiger partial charge < -0.3 is 11.1 Å². The molecule has 16 heavy (non-hydrogen) atoms. The quantitative estimate of drug-likeness (QED) is 0.803. The average molecular weight is 224 g/mol. The Morgan fingerprint density at radius 2 is 2.00 bits per heavy atom. The fourth-order valence-electron chi connectivity index (χ4n) is 1.46. The van der Waals surface area contributed by atoms with Crippen LogP contribution < -0.4 is 11.1 Å². The summed E-state index contributed by atoms with van der Waals surface area (Å²) in [5, 5.41) is 7.06. The Hall–Kier alpha value is -1.36. The highest BCUT2D eigenvalue weighted by atomic mass is 16.2. The fourth-order valence-corrected chi connectivity index (χ4v) is 1.46.